The second kappa shape index (κ2) is 4.86. The summed E-state index contributed by atoms with van der Waals surface area (Å²) in [6, 6.07) is 9.74. The van der Waals surface area contributed by atoms with Gasteiger partial charge in [-0.25, -0.2) is 14.5 Å². The molecule has 0 unspecified atom stereocenters. The van der Waals surface area contributed by atoms with Crippen LogP contribution in [0.5, 0.6) is 0 Å². The Balaban J connectivity index is 1.89. The standard InChI is InChI=1S/C17H11N5/c18-16-15-14(10-9-12-5-2-1-3-6-12)21-17(13-7-4-8-13)22(15)20-11-19-16/h1-8,11H,(H2,18,19,20). The predicted octanol–water partition coefficient (Wildman–Crippen LogP) is 2.06. The van der Waals surface area contributed by atoms with E-state index in [1.807, 2.05) is 48.6 Å². The van der Waals surface area contributed by atoms with Gasteiger partial charge >= 0.3 is 0 Å². The fraction of sp³-hybridized carbons (Fsp3) is 0. The molecule has 104 valence electrons. The van der Waals surface area contributed by atoms with Crippen molar-refractivity contribution >= 4 is 16.9 Å². The highest BCUT2D eigenvalue weighted by Crippen LogP contribution is 2.25. The molecule has 0 saturated carbocycles. The maximum absolute atomic E-state index is 5.98. The highest BCUT2D eigenvalue weighted by Gasteiger charge is 2.17. The second-order valence-electron chi connectivity index (χ2n) is 4.79. The largest absolute Gasteiger partial charge is 0.382 e. The van der Waals surface area contributed by atoms with E-state index in [2.05, 4.69) is 26.9 Å². The number of hydrogen-bond acceptors (Lipinski definition) is 4. The molecule has 5 nitrogen and oxygen atoms in total. The van der Waals surface area contributed by atoms with Crippen molar-refractivity contribution in [2.45, 2.75) is 0 Å². The first-order valence-corrected chi connectivity index (χ1v) is 6.78. The second-order valence-corrected chi connectivity index (χ2v) is 4.79. The number of nitrogen functional groups attached to an aromatic ring is 1. The van der Waals surface area contributed by atoms with E-state index >= 15 is 0 Å². The molecule has 5 heteroatoms. The quantitative estimate of drug-likeness (QED) is 0.695. The molecule has 2 aromatic heterocycles. The third kappa shape index (κ3) is 1.95. The van der Waals surface area contributed by atoms with Gasteiger partial charge in [-0.3, -0.25) is 0 Å². The molecular formula is C17H11N5. The fourth-order valence-corrected chi connectivity index (χ4v) is 2.22. The summed E-state index contributed by atoms with van der Waals surface area (Å²) in [5.74, 6) is 7.27. The average Bonchev–Trinajstić information content (AvgIpc) is 2.85. The Kier molecular flexibility index (Phi) is 2.73. The van der Waals surface area contributed by atoms with Crippen LogP contribution in [0, 0.1) is 11.8 Å². The zero-order valence-corrected chi connectivity index (χ0v) is 11.6. The van der Waals surface area contributed by atoms with Gasteiger partial charge in [0, 0.05) is 11.1 Å². The van der Waals surface area contributed by atoms with Crippen LogP contribution in [0.4, 0.5) is 5.82 Å². The lowest BCUT2D eigenvalue weighted by Gasteiger charge is -2.04. The van der Waals surface area contributed by atoms with Gasteiger partial charge in [-0.1, -0.05) is 42.3 Å². The Bertz CT molecular complexity index is 984. The number of aromatic nitrogens is 4. The lowest BCUT2D eigenvalue weighted by Crippen LogP contribution is -2.02. The van der Waals surface area contributed by atoms with E-state index in [0.717, 1.165) is 17.0 Å². The van der Waals surface area contributed by atoms with Gasteiger partial charge in [-0.05, 0) is 18.1 Å². The molecule has 1 aliphatic rings. The number of rotatable bonds is 1. The number of nitrogens with two attached hydrogens (primary N) is 1. The summed E-state index contributed by atoms with van der Waals surface area (Å²) < 4.78 is 1.69. The molecule has 0 radical (unpaired) electrons. The van der Waals surface area contributed by atoms with E-state index in [-0.39, 0.29) is 0 Å². The summed E-state index contributed by atoms with van der Waals surface area (Å²) in [5, 5.41) is 4.24. The summed E-state index contributed by atoms with van der Waals surface area (Å²) in [5.41, 5.74) is 9.12. The zero-order chi connectivity index (χ0) is 14.9. The van der Waals surface area contributed by atoms with Gasteiger partial charge in [-0.2, -0.15) is 5.10 Å². The third-order valence-corrected chi connectivity index (χ3v) is 3.37. The van der Waals surface area contributed by atoms with Crippen molar-refractivity contribution in [2.24, 2.45) is 0 Å². The van der Waals surface area contributed by atoms with E-state index in [1.165, 1.54) is 6.33 Å². The van der Waals surface area contributed by atoms with Crippen molar-refractivity contribution in [1.29, 1.82) is 0 Å². The molecule has 0 atom stereocenters. The Hall–Kier alpha value is -3.39. The molecule has 22 heavy (non-hydrogen) atoms. The van der Waals surface area contributed by atoms with Crippen LogP contribution < -0.4 is 5.73 Å². The lowest BCUT2D eigenvalue weighted by atomic mass is 10.1. The first kappa shape index (κ1) is 12.4. The van der Waals surface area contributed by atoms with Gasteiger partial charge in [0.2, 0.25) is 0 Å². The molecule has 0 saturated heterocycles. The number of benzene rings is 1. The number of fused-ring (bicyclic) bond motifs is 1. The molecule has 2 N–H and O–H groups in total. The molecule has 0 fully saturated rings. The number of hydrogen-bond donors (Lipinski definition) is 1. The van der Waals surface area contributed by atoms with Crippen molar-refractivity contribution in [1.82, 2.24) is 19.6 Å². The summed E-state index contributed by atoms with van der Waals surface area (Å²) in [6.07, 6.45) is 7.32. The maximum Gasteiger partial charge on any atom is 0.163 e. The first-order chi connectivity index (χ1) is 10.8. The van der Waals surface area contributed by atoms with Crippen molar-refractivity contribution in [3.8, 4) is 11.8 Å². The number of imidazole rings is 1. The minimum atomic E-state index is 0.370. The topological polar surface area (TPSA) is 69.1 Å². The van der Waals surface area contributed by atoms with Gasteiger partial charge < -0.3 is 5.73 Å². The predicted molar refractivity (Wildman–Crippen MR) is 84.7 cm³/mol. The fourth-order valence-electron chi connectivity index (χ4n) is 2.22. The Labute approximate surface area is 126 Å². The minimum absolute atomic E-state index is 0.370. The van der Waals surface area contributed by atoms with Crippen LogP contribution in [0.25, 0.3) is 11.1 Å². The van der Waals surface area contributed by atoms with Crippen LogP contribution in [-0.4, -0.2) is 19.6 Å². The number of nitrogens with zero attached hydrogens (tertiary/aromatic N) is 4. The first-order valence-electron chi connectivity index (χ1n) is 6.78. The van der Waals surface area contributed by atoms with Crippen LogP contribution >= 0.6 is 0 Å². The number of allylic oxidation sites excluding steroid dienone is 4. The Morgan fingerprint density at radius 1 is 1.09 bits per heavy atom. The van der Waals surface area contributed by atoms with Crippen molar-refractivity contribution in [3.63, 3.8) is 0 Å². The summed E-state index contributed by atoms with van der Waals surface area (Å²) >= 11 is 0. The summed E-state index contributed by atoms with van der Waals surface area (Å²) in [7, 11) is 0. The zero-order valence-electron chi connectivity index (χ0n) is 11.6. The van der Waals surface area contributed by atoms with E-state index in [1.54, 1.807) is 4.52 Å². The van der Waals surface area contributed by atoms with Crippen LogP contribution in [0.3, 0.4) is 0 Å². The molecule has 0 amide bonds. The lowest BCUT2D eigenvalue weighted by molar-refractivity contribution is 0.880. The van der Waals surface area contributed by atoms with Crippen LogP contribution in [-0.2, 0) is 0 Å². The number of anilines is 1. The monoisotopic (exact) mass is 285 g/mol. The molecule has 0 aliphatic heterocycles. The van der Waals surface area contributed by atoms with Gasteiger partial charge in [0.05, 0.1) is 0 Å². The summed E-state index contributed by atoms with van der Waals surface area (Å²) in [4.78, 5) is 8.61. The highest BCUT2D eigenvalue weighted by atomic mass is 15.3. The SMILES string of the molecule is Nc1ncnn2c(C3=CC=C3)nc(C#Cc3ccccc3)c12. The molecule has 1 aromatic carbocycles. The van der Waals surface area contributed by atoms with Crippen molar-refractivity contribution in [3.05, 3.63) is 72.0 Å². The average molecular weight is 285 g/mol. The smallest absolute Gasteiger partial charge is 0.163 e. The van der Waals surface area contributed by atoms with Crippen molar-refractivity contribution in [2.75, 3.05) is 5.73 Å². The van der Waals surface area contributed by atoms with Crippen LogP contribution in [0.2, 0.25) is 0 Å². The van der Waals surface area contributed by atoms with Gasteiger partial charge in [0.15, 0.2) is 11.6 Å². The van der Waals surface area contributed by atoms with Gasteiger partial charge in [0.1, 0.15) is 17.5 Å². The van der Waals surface area contributed by atoms with Crippen LogP contribution in [0.1, 0.15) is 17.1 Å². The Morgan fingerprint density at radius 2 is 1.91 bits per heavy atom. The van der Waals surface area contributed by atoms with Gasteiger partial charge in [0.25, 0.3) is 0 Å². The molecular weight excluding hydrogens is 274 g/mol. The van der Waals surface area contributed by atoms with Crippen LogP contribution in [0.15, 0.2) is 54.9 Å². The molecule has 3 aromatic rings. The molecule has 0 spiro atoms. The minimum Gasteiger partial charge on any atom is -0.382 e. The molecule has 0 bridgehead atoms. The van der Waals surface area contributed by atoms with E-state index in [9.17, 15) is 0 Å². The molecule has 1 aliphatic carbocycles. The maximum atomic E-state index is 5.98. The summed E-state index contributed by atoms with van der Waals surface area (Å²) in [6.45, 7) is 0. The Morgan fingerprint density at radius 3 is 2.64 bits per heavy atom. The van der Waals surface area contributed by atoms with E-state index in [0.29, 0.717) is 17.0 Å². The molecule has 4 rings (SSSR count). The van der Waals surface area contributed by atoms with Gasteiger partial charge in [-0.15, -0.1) is 0 Å². The highest BCUT2D eigenvalue weighted by molar-refractivity contribution is 5.82. The third-order valence-electron chi connectivity index (χ3n) is 3.37. The van der Waals surface area contributed by atoms with E-state index < -0.39 is 0 Å². The van der Waals surface area contributed by atoms with E-state index in [4.69, 9.17) is 5.73 Å². The normalized spacial score (nSPS) is 12.5. The van der Waals surface area contributed by atoms with Crippen molar-refractivity contribution < 1.29 is 0 Å². The molecule has 2 heterocycles.